The minimum atomic E-state index is -3.83. The van der Waals surface area contributed by atoms with Gasteiger partial charge < -0.3 is 10.8 Å². The molecule has 2 aromatic carbocycles. The zero-order chi connectivity index (χ0) is 17.5. The van der Waals surface area contributed by atoms with E-state index in [0.717, 1.165) is 0 Å². The second-order valence-corrected chi connectivity index (χ2v) is 8.36. The Labute approximate surface area is 145 Å². The number of benzene rings is 2. The van der Waals surface area contributed by atoms with Crippen LogP contribution in [0.4, 0.5) is 0 Å². The van der Waals surface area contributed by atoms with Crippen LogP contribution < -0.4 is 5.73 Å². The molecule has 1 aliphatic carbocycles. The molecular weight excluding hydrogens is 350 g/mol. The summed E-state index contributed by atoms with van der Waals surface area (Å²) in [6.07, 6.45) is 0. The third-order valence-corrected chi connectivity index (χ3v) is 7.17. The summed E-state index contributed by atoms with van der Waals surface area (Å²) in [5, 5.41) is 9.10. The zero-order valence-electron chi connectivity index (χ0n) is 12.6. The van der Waals surface area contributed by atoms with Gasteiger partial charge in [0.15, 0.2) is 9.84 Å². The predicted molar refractivity (Wildman–Crippen MR) is 90.7 cm³/mol. The fourth-order valence-electron chi connectivity index (χ4n) is 3.35. The van der Waals surface area contributed by atoms with Gasteiger partial charge >= 0.3 is 5.97 Å². The van der Waals surface area contributed by atoms with Gasteiger partial charge in [-0.3, -0.25) is 4.79 Å². The van der Waals surface area contributed by atoms with Crippen molar-refractivity contribution in [3.05, 3.63) is 65.2 Å². The van der Waals surface area contributed by atoms with E-state index < -0.39 is 32.4 Å². The summed E-state index contributed by atoms with van der Waals surface area (Å²) in [5.74, 6) is -1.91. The fourth-order valence-corrected chi connectivity index (χ4v) is 5.88. The maximum absolute atomic E-state index is 13.0. The second-order valence-electron chi connectivity index (χ2n) is 5.86. The van der Waals surface area contributed by atoms with Gasteiger partial charge in [-0.15, -0.1) is 0 Å². The van der Waals surface area contributed by atoms with Gasteiger partial charge in [-0.2, -0.15) is 0 Å². The van der Waals surface area contributed by atoms with Gasteiger partial charge in [0.25, 0.3) is 0 Å². The van der Waals surface area contributed by atoms with Crippen LogP contribution in [-0.2, 0) is 14.6 Å². The molecule has 0 amide bonds. The van der Waals surface area contributed by atoms with Crippen LogP contribution in [0, 0.1) is 5.41 Å². The first-order valence-corrected chi connectivity index (χ1v) is 9.26. The van der Waals surface area contributed by atoms with E-state index in [0.29, 0.717) is 10.6 Å². The smallest absolute Gasteiger partial charge is 0.312 e. The molecule has 3 rings (SSSR count). The minimum absolute atomic E-state index is 0.102. The van der Waals surface area contributed by atoms with Crippen LogP contribution in [0.3, 0.4) is 0 Å². The monoisotopic (exact) mass is 365 g/mol. The van der Waals surface area contributed by atoms with Crippen molar-refractivity contribution in [2.45, 2.75) is 16.1 Å². The van der Waals surface area contributed by atoms with Crippen molar-refractivity contribution >= 4 is 27.4 Å². The van der Waals surface area contributed by atoms with Crippen molar-refractivity contribution in [2.75, 3.05) is 6.54 Å². The Bertz CT molecular complexity index is 867. The van der Waals surface area contributed by atoms with Crippen molar-refractivity contribution in [3.63, 3.8) is 0 Å². The molecule has 0 saturated heterocycles. The van der Waals surface area contributed by atoms with Crippen LogP contribution in [0.5, 0.6) is 0 Å². The average Bonchev–Trinajstić information content (AvgIpc) is 3.28. The van der Waals surface area contributed by atoms with E-state index in [1.165, 1.54) is 12.1 Å². The van der Waals surface area contributed by atoms with Crippen molar-refractivity contribution in [2.24, 2.45) is 11.1 Å². The van der Waals surface area contributed by atoms with Crippen LogP contribution in [0.1, 0.15) is 11.5 Å². The van der Waals surface area contributed by atoms with E-state index in [1.807, 2.05) is 0 Å². The summed E-state index contributed by atoms with van der Waals surface area (Å²) >= 11 is 5.87. The lowest BCUT2D eigenvalue weighted by Crippen LogP contribution is -2.31. The lowest BCUT2D eigenvalue weighted by Gasteiger charge is -2.10. The Balaban J connectivity index is 2.11. The van der Waals surface area contributed by atoms with E-state index in [2.05, 4.69) is 0 Å². The summed E-state index contributed by atoms with van der Waals surface area (Å²) < 4.78 is 26.0. The number of hydrogen-bond acceptors (Lipinski definition) is 4. The number of carboxylic acid groups (broad SMARTS) is 1. The van der Waals surface area contributed by atoms with Gasteiger partial charge in [-0.05, 0) is 29.8 Å². The molecule has 2 aromatic rings. The van der Waals surface area contributed by atoms with Crippen molar-refractivity contribution in [1.29, 1.82) is 0 Å². The molecule has 126 valence electrons. The van der Waals surface area contributed by atoms with Crippen LogP contribution in [0.25, 0.3) is 0 Å². The van der Waals surface area contributed by atoms with Crippen LogP contribution in [0.2, 0.25) is 5.02 Å². The maximum atomic E-state index is 13.0. The van der Waals surface area contributed by atoms with Crippen LogP contribution >= 0.6 is 11.6 Å². The van der Waals surface area contributed by atoms with E-state index in [-0.39, 0.29) is 11.4 Å². The Morgan fingerprint density at radius 3 is 2.21 bits per heavy atom. The van der Waals surface area contributed by atoms with Gasteiger partial charge in [-0.1, -0.05) is 41.9 Å². The Morgan fingerprint density at radius 1 is 1.12 bits per heavy atom. The molecule has 3 N–H and O–H groups in total. The largest absolute Gasteiger partial charge is 0.481 e. The lowest BCUT2D eigenvalue weighted by molar-refractivity contribution is -0.143. The summed E-state index contributed by atoms with van der Waals surface area (Å²) in [6, 6.07) is 14.4. The molecule has 0 heterocycles. The predicted octanol–water partition coefficient (Wildman–Crippen LogP) is 2.31. The van der Waals surface area contributed by atoms with Gasteiger partial charge in [0.2, 0.25) is 0 Å². The highest BCUT2D eigenvalue weighted by molar-refractivity contribution is 7.92. The van der Waals surface area contributed by atoms with E-state index >= 15 is 0 Å². The van der Waals surface area contributed by atoms with E-state index in [9.17, 15) is 18.3 Å². The van der Waals surface area contributed by atoms with Gasteiger partial charge in [0, 0.05) is 17.5 Å². The van der Waals surface area contributed by atoms with E-state index in [4.69, 9.17) is 17.3 Å². The molecular formula is C17H16ClNO4S. The average molecular weight is 366 g/mol. The molecule has 0 aliphatic heterocycles. The van der Waals surface area contributed by atoms with Crippen molar-refractivity contribution in [1.82, 2.24) is 0 Å². The highest BCUT2D eigenvalue weighted by Gasteiger charge is 2.75. The Kier molecular flexibility index (Phi) is 4.15. The molecule has 0 radical (unpaired) electrons. The molecule has 0 bridgehead atoms. The molecule has 5 nitrogen and oxygen atoms in total. The van der Waals surface area contributed by atoms with Crippen molar-refractivity contribution < 1.29 is 18.3 Å². The first-order valence-electron chi connectivity index (χ1n) is 7.33. The Hall–Kier alpha value is -1.89. The van der Waals surface area contributed by atoms with Gasteiger partial charge in [0.1, 0.15) is 5.41 Å². The summed E-state index contributed by atoms with van der Waals surface area (Å²) in [7, 11) is -3.83. The number of rotatable bonds is 5. The van der Waals surface area contributed by atoms with Gasteiger partial charge in [-0.25, -0.2) is 8.42 Å². The van der Waals surface area contributed by atoms with Crippen molar-refractivity contribution in [3.8, 4) is 0 Å². The number of halogens is 1. The van der Waals surface area contributed by atoms with Gasteiger partial charge in [0.05, 0.1) is 10.1 Å². The first kappa shape index (κ1) is 17.0. The highest BCUT2D eigenvalue weighted by Crippen LogP contribution is 2.63. The topological polar surface area (TPSA) is 97.5 Å². The molecule has 0 unspecified atom stereocenters. The number of sulfone groups is 1. The normalized spacial score (nSPS) is 26.1. The number of hydrogen-bond donors (Lipinski definition) is 2. The standard InChI is InChI=1S/C17H16ClNO4S/c18-12-8-6-11(7-9-12)14-15(17(14,10-19)16(20)21)24(22,23)13-4-2-1-3-5-13/h1-9,14-15H,10,19H2,(H,20,21)/t14-,15-,17+/m1/s1. The molecule has 7 heteroatoms. The summed E-state index contributed by atoms with van der Waals surface area (Å²) in [5.41, 5.74) is 4.80. The Morgan fingerprint density at radius 2 is 1.71 bits per heavy atom. The number of aliphatic carboxylic acids is 1. The quantitative estimate of drug-likeness (QED) is 0.847. The number of carboxylic acids is 1. The molecule has 1 fully saturated rings. The fraction of sp³-hybridized carbons (Fsp3) is 0.235. The first-order chi connectivity index (χ1) is 11.4. The molecule has 0 aromatic heterocycles. The molecule has 1 aliphatic rings. The third kappa shape index (κ3) is 2.42. The maximum Gasteiger partial charge on any atom is 0.312 e. The van der Waals surface area contributed by atoms with Crippen LogP contribution in [-0.4, -0.2) is 31.3 Å². The molecule has 24 heavy (non-hydrogen) atoms. The second kappa shape index (κ2) is 5.88. The summed E-state index contributed by atoms with van der Waals surface area (Å²) in [6.45, 7) is -0.258. The summed E-state index contributed by atoms with van der Waals surface area (Å²) in [4.78, 5) is 12.0. The van der Waals surface area contributed by atoms with Crippen LogP contribution in [0.15, 0.2) is 59.5 Å². The SMILES string of the molecule is NC[C@]1(C(=O)O)[C@H](c2ccc(Cl)cc2)[C@H]1S(=O)(=O)c1ccccc1. The highest BCUT2D eigenvalue weighted by atomic mass is 35.5. The minimum Gasteiger partial charge on any atom is -0.481 e. The number of carbonyl (C=O) groups is 1. The number of nitrogens with two attached hydrogens (primary N) is 1. The lowest BCUT2D eigenvalue weighted by atomic mass is 9.99. The zero-order valence-corrected chi connectivity index (χ0v) is 14.2. The third-order valence-electron chi connectivity index (χ3n) is 4.63. The molecule has 0 spiro atoms. The molecule has 3 atom stereocenters. The van der Waals surface area contributed by atoms with E-state index in [1.54, 1.807) is 42.5 Å². The molecule has 1 saturated carbocycles.